The molecule has 1 N–H and O–H groups in total. The van der Waals surface area contributed by atoms with Crippen LogP contribution in [0.25, 0.3) is 0 Å². The third-order valence-corrected chi connectivity index (χ3v) is 5.61. The Balaban J connectivity index is 2.13. The zero-order chi connectivity index (χ0) is 18.7. The van der Waals surface area contributed by atoms with Gasteiger partial charge in [0.25, 0.3) is 5.91 Å². The molecular weight excluding hydrogens is 344 g/mol. The topological polar surface area (TPSA) is 49.4 Å². The normalized spacial score (nSPS) is 19.5. The van der Waals surface area contributed by atoms with E-state index >= 15 is 0 Å². The molecule has 3 rings (SSSR count). The van der Waals surface area contributed by atoms with Gasteiger partial charge in [-0.2, -0.15) is 0 Å². The average molecular weight is 371 g/mol. The van der Waals surface area contributed by atoms with Crippen LogP contribution < -0.4 is 5.32 Å². The first-order chi connectivity index (χ1) is 12.5. The monoisotopic (exact) mass is 370 g/mol. The average Bonchev–Trinajstić information content (AvgIpc) is 3.15. The molecule has 0 saturated carbocycles. The van der Waals surface area contributed by atoms with Crippen LogP contribution in [0, 0.1) is 5.92 Å². The number of nitrogens with zero attached hydrogens (tertiary/aromatic N) is 1. The summed E-state index contributed by atoms with van der Waals surface area (Å²) in [5.41, 5.74) is 1.49. The number of rotatable bonds is 6. The molecule has 1 aliphatic rings. The number of benzene rings is 1. The van der Waals surface area contributed by atoms with Gasteiger partial charge in [0.15, 0.2) is 0 Å². The van der Waals surface area contributed by atoms with Crippen molar-refractivity contribution in [1.82, 2.24) is 10.2 Å². The number of hydrogen-bond donors (Lipinski definition) is 1. The van der Waals surface area contributed by atoms with Crippen molar-refractivity contribution >= 4 is 23.2 Å². The predicted octanol–water partition coefficient (Wildman–Crippen LogP) is 4.21. The number of carbonyl (C=O) groups is 2. The van der Waals surface area contributed by atoms with Crippen LogP contribution in [0.1, 0.15) is 60.0 Å². The molecule has 1 aromatic carbocycles. The van der Waals surface area contributed by atoms with E-state index in [-0.39, 0.29) is 23.8 Å². The van der Waals surface area contributed by atoms with Crippen molar-refractivity contribution < 1.29 is 9.59 Å². The first-order valence-corrected chi connectivity index (χ1v) is 10.1. The van der Waals surface area contributed by atoms with Crippen LogP contribution >= 0.6 is 11.3 Å². The Bertz CT molecular complexity index is 770. The predicted molar refractivity (Wildman–Crippen MR) is 105 cm³/mol. The highest BCUT2D eigenvalue weighted by molar-refractivity contribution is 7.10. The summed E-state index contributed by atoms with van der Waals surface area (Å²) < 4.78 is 0. The Morgan fingerprint density at radius 3 is 2.65 bits per heavy atom. The molecule has 4 nitrogen and oxygen atoms in total. The first-order valence-electron chi connectivity index (χ1n) is 9.25. The lowest BCUT2D eigenvalue weighted by molar-refractivity contribution is -0.124. The standard InChI is InChI=1S/C21H26N2O2S/c1-4-11-22-20(24)18-15-8-5-6-9-16(15)21(25)23(13-14(2)3)19(18)17-10-7-12-26-17/h5-10,12,14,18-19H,4,11,13H2,1-3H3,(H,22,24)/t18-,19+/m0/s1. The van der Waals surface area contributed by atoms with Crippen molar-refractivity contribution in [2.75, 3.05) is 13.1 Å². The fourth-order valence-corrected chi connectivity index (χ4v) is 4.48. The molecule has 0 saturated heterocycles. The molecule has 26 heavy (non-hydrogen) atoms. The number of nitrogens with one attached hydrogen (secondary N) is 1. The first kappa shape index (κ1) is 18.6. The molecule has 2 amide bonds. The molecule has 1 aliphatic heterocycles. The van der Waals surface area contributed by atoms with Crippen LogP contribution in [0.3, 0.4) is 0 Å². The summed E-state index contributed by atoms with van der Waals surface area (Å²) in [4.78, 5) is 29.3. The highest BCUT2D eigenvalue weighted by atomic mass is 32.1. The zero-order valence-electron chi connectivity index (χ0n) is 15.6. The lowest BCUT2D eigenvalue weighted by Crippen LogP contribution is -2.48. The molecule has 0 spiro atoms. The maximum absolute atomic E-state index is 13.2. The summed E-state index contributed by atoms with van der Waals surface area (Å²) in [6.45, 7) is 7.53. The molecule has 2 aromatic rings. The fraction of sp³-hybridized carbons (Fsp3) is 0.429. The number of thiophene rings is 1. The molecule has 1 aromatic heterocycles. The zero-order valence-corrected chi connectivity index (χ0v) is 16.4. The minimum absolute atomic E-state index is 0.000967. The molecule has 0 aliphatic carbocycles. The highest BCUT2D eigenvalue weighted by Crippen LogP contribution is 2.44. The summed E-state index contributed by atoms with van der Waals surface area (Å²) >= 11 is 1.61. The molecule has 0 fully saturated rings. The SMILES string of the molecule is CCCNC(=O)[C@H]1c2ccccc2C(=O)N(CC(C)C)[C@@H]1c1cccs1. The maximum Gasteiger partial charge on any atom is 0.254 e. The lowest BCUT2D eigenvalue weighted by Gasteiger charge is -2.42. The van der Waals surface area contributed by atoms with Crippen molar-refractivity contribution in [2.45, 2.75) is 39.2 Å². The Morgan fingerprint density at radius 1 is 1.23 bits per heavy atom. The van der Waals surface area contributed by atoms with E-state index < -0.39 is 0 Å². The molecule has 2 heterocycles. The van der Waals surface area contributed by atoms with Gasteiger partial charge >= 0.3 is 0 Å². The van der Waals surface area contributed by atoms with Gasteiger partial charge in [-0.1, -0.05) is 45.0 Å². The van der Waals surface area contributed by atoms with Crippen LogP contribution in [0.4, 0.5) is 0 Å². The van der Waals surface area contributed by atoms with E-state index in [0.29, 0.717) is 24.6 Å². The third kappa shape index (κ3) is 3.54. The number of carbonyl (C=O) groups excluding carboxylic acids is 2. The molecule has 0 unspecified atom stereocenters. The van der Waals surface area contributed by atoms with Crippen molar-refractivity contribution in [2.24, 2.45) is 5.92 Å². The fourth-order valence-electron chi connectivity index (χ4n) is 3.60. The minimum Gasteiger partial charge on any atom is -0.356 e. The van der Waals surface area contributed by atoms with Crippen molar-refractivity contribution in [3.05, 3.63) is 57.8 Å². The van der Waals surface area contributed by atoms with E-state index in [2.05, 4.69) is 19.2 Å². The van der Waals surface area contributed by atoms with E-state index in [1.165, 1.54) is 0 Å². The molecule has 0 bridgehead atoms. The van der Waals surface area contributed by atoms with Crippen LogP contribution in [-0.2, 0) is 4.79 Å². The van der Waals surface area contributed by atoms with Gasteiger partial charge in [0.05, 0.1) is 12.0 Å². The molecule has 0 radical (unpaired) electrons. The number of amides is 2. The van der Waals surface area contributed by atoms with Crippen molar-refractivity contribution in [3.63, 3.8) is 0 Å². The lowest BCUT2D eigenvalue weighted by atomic mass is 9.81. The summed E-state index contributed by atoms with van der Waals surface area (Å²) in [6.07, 6.45) is 0.887. The summed E-state index contributed by atoms with van der Waals surface area (Å²) in [5, 5.41) is 5.06. The number of fused-ring (bicyclic) bond motifs is 1. The Kier molecular flexibility index (Phi) is 5.77. The van der Waals surface area contributed by atoms with Gasteiger partial charge < -0.3 is 10.2 Å². The van der Waals surface area contributed by atoms with Gasteiger partial charge in [-0.15, -0.1) is 11.3 Å². The van der Waals surface area contributed by atoms with E-state index in [1.54, 1.807) is 11.3 Å². The van der Waals surface area contributed by atoms with Crippen molar-refractivity contribution in [1.29, 1.82) is 0 Å². The largest absolute Gasteiger partial charge is 0.356 e. The van der Waals surface area contributed by atoms with Gasteiger partial charge in [0.1, 0.15) is 0 Å². The highest BCUT2D eigenvalue weighted by Gasteiger charge is 2.44. The smallest absolute Gasteiger partial charge is 0.254 e. The van der Waals surface area contributed by atoms with Gasteiger partial charge in [0.2, 0.25) is 5.91 Å². The second-order valence-corrected chi connectivity index (χ2v) is 8.15. The van der Waals surface area contributed by atoms with Gasteiger partial charge in [-0.05, 0) is 35.4 Å². The van der Waals surface area contributed by atoms with E-state index in [0.717, 1.165) is 16.9 Å². The second kappa shape index (κ2) is 8.04. The molecule has 2 atom stereocenters. The van der Waals surface area contributed by atoms with E-state index in [4.69, 9.17) is 0 Å². The van der Waals surface area contributed by atoms with Gasteiger partial charge in [0, 0.05) is 23.5 Å². The Hall–Kier alpha value is -2.14. The van der Waals surface area contributed by atoms with Crippen molar-refractivity contribution in [3.8, 4) is 0 Å². The van der Waals surface area contributed by atoms with Crippen LogP contribution in [-0.4, -0.2) is 29.8 Å². The molecular formula is C21H26N2O2S. The second-order valence-electron chi connectivity index (χ2n) is 7.17. The van der Waals surface area contributed by atoms with E-state index in [1.807, 2.05) is 53.6 Å². The third-order valence-electron chi connectivity index (χ3n) is 4.67. The quantitative estimate of drug-likeness (QED) is 0.828. The van der Waals surface area contributed by atoms with Crippen LogP contribution in [0.15, 0.2) is 41.8 Å². The molecule has 138 valence electrons. The summed E-state index contributed by atoms with van der Waals surface area (Å²) in [7, 11) is 0. The summed E-state index contributed by atoms with van der Waals surface area (Å²) in [5.74, 6) is -0.0370. The van der Waals surface area contributed by atoms with Crippen LogP contribution in [0.2, 0.25) is 0 Å². The molecule has 5 heteroatoms. The Labute approximate surface area is 159 Å². The maximum atomic E-state index is 13.2. The number of hydrogen-bond acceptors (Lipinski definition) is 3. The Morgan fingerprint density at radius 2 is 2.00 bits per heavy atom. The van der Waals surface area contributed by atoms with Gasteiger partial charge in [-0.3, -0.25) is 9.59 Å². The van der Waals surface area contributed by atoms with E-state index in [9.17, 15) is 9.59 Å². The van der Waals surface area contributed by atoms with Gasteiger partial charge in [-0.25, -0.2) is 0 Å². The van der Waals surface area contributed by atoms with Crippen LogP contribution in [0.5, 0.6) is 0 Å². The summed E-state index contributed by atoms with van der Waals surface area (Å²) in [6, 6.07) is 11.3. The minimum atomic E-state index is -0.382.